The van der Waals surface area contributed by atoms with Crippen molar-refractivity contribution in [3.63, 3.8) is 0 Å². The van der Waals surface area contributed by atoms with E-state index in [9.17, 15) is 9.18 Å². The number of fused-ring (bicyclic) bond motifs is 1. The predicted octanol–water partition coefficient (Wildman–Crippen LogP) is 5.43. The second-order valence-corrected chi connectivity index (χ2v) is 8.51. The van der Waals surface area contributed by atoms with E-state index in [0.29, 0.717) is 31.5 Å². The highest BCUT2D eigenvalue weighted by molar-refractivity contribution is 9.10. The topological polar surface area (TPSA) is 65.1 Å². The maximum Gasteiger partial charge on any atom is 0.233 e. The lowest BCUT2D eigenvalue weighted by molar-refractivity contribution is 0.102. The van der Waals surface area contributed by atoms with E-state index in [4.69, 9.17) is 11.6 Å². The Bertz CT molecular complexity index is 1410. The SMILES string of the molecule is O=C(c1cn(-c2ccc(F)cc2Br)nn1)c1c(-c2ccc(Cl)cc2)nc2sccn12. The summed E-state index contributed by atoms with van der Waals surface area (Å²) in [5.41, 5.74) is 2.41. The molecule has 10 heteroatoms. The second kappa shape index (κ2) is 7.42. The van der Waals surface area contributed by atoms with Crippen molar-refractivity contribution in [2.45, 2.75) is 0 Å². The lowest BCUT2D eigenvalue weighted by Gasteiger charge is -2.03. The number of hydrogen-bond donors (Lipinski definition) is 0. The van der Waals surface area contributed by atoms with E-state index in [-0.39, 0.29) is 17.3 Å². The van der Waals surface area contributed by atoms with Crippen LogP contribution >= 0.6 is 38.9 Å². The molecule has 6 nitrogen and oxygen atoms in total. The fraction of sp³-hybridized carbons (Fsp3) is 0. The van der Waals surface area contributed by atoms with Crippen molar-refractivity contribution >= 4 is 49.6 Å². The first kappa shape index (κ1) is 19.1. The zero-order valence-corrected chi connectivity index (χ0v) is 18.1. The van der Waals surface area contributed by atoms with Gasteiger partial charge in [0, 0.05) is 26.6 Å². The van der Waals surface area contributed by atoms with Crippen molar-refractivity contribution < 1.29 is 9.18 Å². The van der Waals surface area contributed by atoms with Crippen LogP contribution in [-0.4, -0.2) is 30.2 Å². The first-order chi connectivity index (χ1) is 14.5. The molecule has 0 aliphatic carbocycles. The Morgan fingerprint density at radius 1 is 1.17 bits per heavy atom. The van der Waals surface area contributed by atoms with Gasteiger partial charge in [-0.05, 0) is 46.3 Å². The minimum atomic E-state index is -0.381. The minimum Gasteiger partial charge on any atom is -0.287 e. The third-order valence-electron chi connectivity index (χ3n) is 4.48. The van der Waals surface area contributed by atoms with Crippen molar-refractivity contribution in [1.29, 1.82) is 0 Å². The van der Waals surface area contributed by atoms with Crippen molar-refractivity contribution in [2.75, 3.05) is 0 Å². The highest BCUT2D eigenvalue weighted by Gasteiger charge is 2.25. The lowest BCUT2D eigenvalue weighted by Crippen LogP contribution is -2.07. The van der Waals surface area contributed by atoms with Crippen LogP contribution in [0.15, 0.2) is 64.7 Å². The maximum atomic E-state index is 13.4. The Morgan fingerprint density at radius 2 is 1.97 bits per heavy atom. The minimum absolute atomic E-state index is 0.148. The Hall–Kier alpha value is -2.88. The number of imidazole rings is 1. The van der Waals surface area contributed by atoms with Gasteiger partial charge < -0.3 is 0 Å². The van der Waals surface area contributed by atoms with Gasteiger partial charge in [0.05, 0.1) is 11.9 Å². The van der Waals surface area contributed by atoms with Crippen molar-refractivity contribution in [3.8, 4) is 16.9 Å². The summed E-state index contributed by atoms with van der Waals surface area (Å²) >= 11 is 10.7. The third kappa shape index (κ3) is 3.24. The molecule has 5 rings (SSSR count). The Kier molecular flexibility index (Phi) is 4.73. The number of thiazole rings is 1. The molecule has 0 radical (unpaired) electrons. The first-order valence-electron chi connectivity index (χ1n) is 8.65. The summed E-state index contributed by atoms with van der Waals surface area (Å²) in [6.07, 6.45) is 3.30. The van der Waals surface area contributed by atoms with Gasteiger partial charge in [-0.1, -0.05) is 28.9 Å². The monoisotopic (exact) mass is 501 g/mol. The summed E-state index contributed by atoms with van der Waals surface area (Å²) < 4.78 is 17.0. The van der Waals surface area contributed by atoms with Crippen LogP contribution in [0.25, 0.3) is 21.9 Å². The molecule has 0 aliphatic heterocycles. The average Bonchev–Trinajstić information content (AvgIpc) is 3.44. The standard InChI is InChI=1S/C20H10BrClFN5OS/c21-14-9-13(23)5-6-16(14)28-10-15(25-26-28)19(29)18-17(11-1-3-12(22)4-2-11)24-20-27(18)7-8-30-20/h1-10H. The molecule has 0 unspecified atom stereocenters. The summed E-state index contributed by atoms with van der Waals surface area (Å²) in [7, 11) is 0. The molecule has 0 aliphatic rings. The summed E-state index contributed by atoms with van der Waals surface area (Å²) in [6, 6.07) is 11.3. The van der Waals surface area contributed by atoms with E-state index >= 15 is 0 Å². The van der Waals surface area contributed by atoms with E-state index in [2.05, 4.69) is 31.2 Å². The van der Waals surface area contributed by atoms with Crippen LogP contribution in [0.1, 0.15) is 16.2 Å². The van der Waals surface area contributed by atoms with Gasteiger partial charge in [-0.25, -0.2) is 14.1 Å². The molecule has 0 bridgehead atoms. The number of nitrogens with zero attached hydrogens (tertiary/aromatic N) is 5. The fourth-order valence-corrected chi connectivity index (χ4v) is 4.46. The molecule has 3 heterocycles. The van der Waals surface area contributed by atoms with Gasteiger partial charge in [0.15, 0.2) is 10.7 Å². The molecule has 0 saturated heterocycles. The number of ketones is 1. The average molecular weight is 503 g/mol. The van der Waals surface area contributed by atoms with Gasteiger partial charge in [-0.2, -0.15) is 0 Å². The molecule has 0 atom stereocenters. The number of rotatable bonds is 4. The van der Waals surface area contributed by atoms with E-state index in [1.54, 1.807) is 28.8 Å². The number of hydrogen-bond acceptors (Lipinski definition) is 5. The zero-order chi connectivity index (χ0) is 20.8. The highest BCUT2D eigenvalue weighted by Crippen LogP contribution is 2.29. The molecule has 3 aromatic heterocycles. The van der Waals surface area contributed by atoms with E-state index in [1.807, 2.05) is 17.5 Å². The molecule has 0 N–H and O–H groups in total. The molecule has 0 amide bonds. The van der Waals surface area contributed by atoms with Gasteiger partial charge in [0.25, 0.3) is 0 Å². The maximum absolute atomic E-state index is 13.4. The quantitative estimate of drug-likeness (QED) is 0.307. The number of carbonyl (C=O) groups is 1. The number of halogens is 3. The summed E-state index contributed by atoms with van der Waals surface area (Å²) in [5.74, 6) is -0.705. The predicted molar refractivity (Wildman–Crippen MR) is 116 cm³/mol. The molecule has 5 aromatic rings. The highest BCUT2D eigenvalue weighted by atomic mass is 79.9. The Morgan fingerprint density at radius 3 is 2.73 bits per heavy atom. The largest absolute Gasteiger partial charge is 0.287 e. The van der Waals surface area contributed by atoms with E-state index < -0.39 is 0 Å². The fourth-order valence-electron chi connectivity index (χ4n) is 3.09. The van der Waals surface area contributed by atoms with Crippen molar-refractivity contribution in [2.24, 2.45) is 0 Å². The van der Waals surface area contributed by atoms with E-state index in [1.165, 1.54) is 34.3 Å². The van der Waals surface area contributed by atoms with Crippen LogP contribution in [-0.2, 0) is 0 Å². The number of carbonyl (C=O) groups excluding carboxylic acids is 1. The van der Waals surface area contributed by atoms with Crippen LogP contribution in [0.4, 0.5) is 4.39 Å². The number of benzene rings is 2. The Labute approximate surface area is 186 Å². The molecular weight excluding hydrogens is 493 g/mol. The van der Waals surface area contributed by atoms with Crippen molar-refractivity contribution in [1.82, 2.24) is 24.4 Å². The van der Waals surface area contributed by atoms with Crippen LogP contribution in [0.5, 0.6) is 0 Å². The molecular formula is C20H10BrClFN5OS. The van der Waals surface area contributed by atoms with Crippen LogP contribution in [0, 0.1) is 5.82 Å². The van der Waals surface area contributed by atoms with Crippen molar-refractivity contribution in [3.05, 3.63) is 86.9 Å². The van der Waals surface area contributed by atoms with Crippen LogP contribution < -0.4 is 0 Å². The Balaban J connectivity index is 1.60. The van der Waals surface area contributed by atoms with Gasteiger partial charge >= 0.3 is 0 Å². The van der Waals surface area contributed by atoms with Gasteiger partial charge in [-0.15, -0.1) is 16.4 Å². The van der Waals surface area contributed by atoms with Gasteiger partial charge in [-0.3, -0.25) is 9.20 Å². The molecule has 148 valence electrons. The van der Waals surface area contributed by atoms with Gasteiger partial charge in [0.1, 0.15) is 17.2 Å². The third-order valence-corrected chi connectivity index (χ3v) is 6.12. The molecule has 2 aromatic carbocycles. The smallest absolute Gasteiger partial charge is 0.233 e. The first-order valence-corrected chi connectivity index (χ1v) is 10.7. The molecule has 0 spiro atoms. The second-order valence-electron chi connectivity index (χ2n) is 6.34. The normalized spacial score (nSPS) is 11.3. The van der Waals surface area contributed by atoms with E-state index in [0.717, 1.165) is 5.56 Å². The molecule has 30 heavy (non-hydrogen) atoms. The summed E-state index contributed by atoms with van der Waals surface area (Å²) in [6.45, 7) is 0. The van der Waals surface area contributed by atoms with Crippen LogP contribution in [0.2, 0.25) is 5.02 Å². The zero-order valence-electron chi connectivity index (χ0n) is 15.0. The number of aromatic nitrogens is 5. The summed E-state index contributed by atoms with van der Waals surface area (Å²) in [4.78, 5) is 18.7. The van der Waals surface area contributed by atoms with Crippen LogP contribution in [0.3, 0.4) is 0 Å². The molecule has 0 saturated carbocycles. The summed E-state index contributed by atoms with van der Waals surface area (Å²) in [5, 5.41) is 10.5. The van der Waals surface area contributed by atoms with Gasteiger partial charge in [0.2, 0.25) is 5.78 Å². The molecule has 0 fully saturated rings. The lowest BCUT2D eigenvalue weighted by atomic mass is 10.1.